The number of pyridine rings is 1. The Kier molecular flexibility index (Phi) is 4.28. The molecule has 26 heavy (non-hydrogen) atoms. The molecule has 4 heterocycles. The lowest BCUT2D eigenvalue weighted by Gasteiger charge is -2.30. The maximum Gasteiger partial charge on any atom is 0.246 e. The topological polar surface area (TPSA) is 85.4 Å². The van der Waals surface area contributed by atoms with E-state index in [-0.39, 0.29) is 16.9 Å². The largest absolute Gasteiger partial charge is 0.286 e. The second-order valence-corrected chi connectivity index (χ2v) is 8.85. The van der Waals surface area contributed by atoms with Gasteiger partial charge in [-0.25, -0.2) is 8.42 Å². The number of hydrogen-bond acceptors (Lipinski definition) is 5. The number of nitrogens with zero attached hydrogens (tertiary/aromatic N) is 6. The molecular weight excluding hydrogens is 352 g/mol. The summed E-state index contributed by atoms with van der Waals surface area (Å²) < 4.78 is 30.9. The van der Waals surface area contributed by atoms with E-state index in [1.165, 1.54) is 6.20 Å². The van der Waals surface area contributed by atoms with Crippen LogP contribution in [0.15, 0.2) is 41.7 Å². The van der Waals surface area contributed by atoms with E-state index in [1.54, 1.807) is 15.2 Å². The fourth-order valence-electron chi connectivity index (χ4n) is 3.38. The summed E-state index contributed by atoms with van der Waals surface area (Å²) in [6, 6.07) is 5.93. The predicted octanol–water partition coefficient (Wildman–Crippen LogP) is 2.08. The van der Waals surface area contributed by atoms with Gasteiger partial charge in [0.25, 0.3) is 0 Å². The average molecular weight is 374 g/mol. The van der Waals surface area contributed by atoms with Gasteiger partial charge in [-0.05, 0) is 38.8 Å². The van der Waals surface area contributed by atoms with Crippen molar-refractivity contribution in [1.29, 1.82) is 0 Å². The van der Waals surface area contributed by atoms with E-state index in [2.05, 4.69) is 15.3 Å². The summed E-state index contributed by atoms with van der Waals surface area (Å²) in [4.78, 5) is 0.262. The molecule has 1 aliphatic heterocycles. The maximum absolute atomic E-state index is 12.9. The van der Waals surface area contributed by atoms with E-state index >= 15 is 0 Å². The van der Waals surface area contributed by atoms with Gasteiger partial charge in [0, 0.05) is 37.4 Å². The van der Waals surface area contributed by atoms with Crippen molar-refractivity contribution in [3.63, 3.8) is 0 Å². The molecule has 138 valence electrons. The first-order valence-electron chi connectivity index (χ1n) is 8.81. The van der Waals surface area contributed by atoms with Crippen molar-refractivity contribution >= 4 is 15.7 Å². The number of rotatable bonds is 4. The molecule has 9 heteroatoms. The minimum Gasteiger partial charge on any atom is -0.286 e. The SMILES string of the molecule is CC(C)n1cc(S(=O)(=O)N2CCC(c3nnc4ccccn34)CC2)cn1. The Balaban J connectivity index is 1.50. The molecule has 3 aromatic heterocycles. The molecule has 1 aliphatic rings. The van der Waals surface area contributed by atoms with Gasteiger partial charge < -0.3 is 0 Å². The van der Waals surface area contributed by atoms with Crippen LogP contribution in [0.2, 0.25) is 0 Å². The lowest BCUT2D eigenvalue weighted by atomic mass is 9.97. The molecule has 0 bridgehead atoms. The van der Waals surface area contributed by atoms with Crippen molar-refractivity contribution in [1.82, 2.24) is 28.7 Å². The molecule has 4 rings (SSSR count). The Morgan fingerprint density at radius 2 is 1.92 bits per heavy atom. The maximum atomic E-state index is 12.9. The van der Waals surface area contributed by atoms with Crippen LogP contribution in [-0.2, 0) is 10.0 Å². The third-order valence-corrected chi connectivity index (χ3v) is 6.76. The zero-order chi connectivity index (χ0) is 18.3. The van der Waals surface area contributed by atoms with E-state index < -0.39 is 10.0 Å². The monoisotopic (exact) mass is 374 g/mol. The predicted molar refractivity (Wildman–Crippen MR) is 96.3 cm³/mol. The van der Waals surface area contributed by atoms with Crippen molar-refractivity contribution in [2.75, 3.05) is 13.1 Å². The Bertz CT molecular complexity index is 1010. The number of hydrogen-bond donors (Lipinski definition) is 0. The molecule has 0 radical (unpaired) electrons. The molecule has 0 atom stereocenters. The quantitative estimate of drug-likeness (QED) is 0.698. The molecule has 0 amide bonds. The van der Waals surface area contributed by atoms with E-state index in [1.807, 2.05) is 42.6 Å². The first kappa shape index (κ1) is 17.2. The minimum atomic E-state index is -3.50. The van der Waals surface area contributed by atoms with Gasteiger partial charge >= 0.3 is 0 Å². The lowest BCUT2D eigenvalue weighted by molar-refractivity contribution is 0.312. The van der Waals surface area contributed by atoms with Gasteiger partial charge in [-0.3, -0.25) is 9.08 Å². The summed E-state index contributed by atoms with van der Waals surface area (Å²) in [5, 5.41) is 12.7. The van der Waals surface area contributed by atoms with Gasteiger partial charge in [0.1, 0.15) is 10.7 Å². The number of piperidine rings is 1. The highest BCUT2D eigenvalue weighted by Crippen LogP contribution is 2.30. The smallest absolute Gasteiger partial charge is 0.246 e. The lowest BCUT2D eigenvalue weighted by Crippen LogP contribution is -2.38. The van der Waals surface area contributed by atoms with Gasteiger partial charge in [-0.15, -0.1) is 10.2 Å². The van der Waals surface area contributed by atoms with Crippen LogP contribution in [0.5, 0.6) is 0 Å². The summed E-state index contributed by atoms with van der Waals surface area (Å²) in [5.41, 5.74) is 0.818. The van der Waals surface area contributed by atoms with E-state index in [9.17, 15) is 8.42 Å². The van der Waals surface area contributed by atoms with Crippen molar-refractivity contribution in [2.24, 2.45) is 0 Å². The van der Waals surface area contributed by atoms with Gasteiger partial charge in [0.2, 0.25) is 10.0 Å². The second kappa shape index (κ2) is 6.48. The van der Waals surface area contributed by atoms with Crippen LogP contribution in [0, 0.1) is 0 Å². The molecule has 0 aliphatic carbocycles. The third kappa shape index (κ3) is 2.90. The molecule has 1 fully saturated rings. The molecule has 1 saturated heterocycles. The zero-order valence-electron chi connectivity index (χ0n) is 14.9. The Hall–Kier alpha value is -2.26. The fraction of sp³-hybridized carbons (Fsp3) is 0.471. The Labute approximate surface area is 152 Å². The normalized spacial score (nSPS) is 17.3. The fourth-order valence-corrected chi connectivity index (χ4v) is 4.79. The first-order chi connectivity index (χ1) is 12.5. The van der Waals surface area contributed by atoms with Crippen LogP contribution < -0.4 is 0 Å². The van der Waals surface area contributed by atoms with Crippen LogP contribution in [0.3, 0.4) is 0 Å². The summed E-state index contributed by atoms with van der Waals surface area (Å²) >= 11 is 0. The molecular formula is C17H22N6O2S. The zero-order valence-corrected chi connectivity index (χ0v) is 15.7. The standard InChI is InChI=1S/C17H22N6O2S/c1-13(2)23-12-15(11-18-23)26(24,25)21-9-6-14(7-10-21)17-20-19-16-5-3-4-8-22(16)17/h3-5,8,11-14H,6-7,9-10H2,1-2H3. The highest BCUT2D eigenvalue weighted by atomic mass is 32.2. The van der Waals surface area contributed by atoms with E-state index in [4.69, 9.17) is 0 Å². The highest BCUT2D eigenvalue weighted by Gasteiger charge is 2.32. The molecule has 0 unspecified atom stereocenters. The Morgan fingerprint density at radius 3 is 2.62 bits per heavy atom. The van der Waals surface area contributed by atoms with Crippen LogP contribution in [0.4, 0.5) is 0 Å². The van der Waals surface area contributed by atoms with Crippen LogP contribution in [0.25, 0.3) is 5.65 Å². The molecule has 0 N–H and O–H groups in total. The molecule has 3 aromatic rings. The van der Waals surface area contributed by atoms with E-state index in [0.29, 0.717) is 13.1 Å². The van der Waals surface area contributed by atoms with Crippen LogP contribution in [-0.4, -0.2) is 50.2 Å². The molecule has 0 saturated carbocycles. The molecule has 0 spiro atoms. The molecule has 0 aromatic carbocycles. The highest BCUT2D eigenvalue weighted by molar-refractivity contribution is 7.89. The van der Waals surface area contributed by atoms with Gasteiger partial charge in [-0.1, -0.05) is 6.07 Å². The average Bonchev–Trinajstić information content (AvgIpc) is 3.30. The summed E-state index contributed by atoms with van der Waals surface area (Å²) in [7, 11) is -3.50. The van der Waals surface area contributed by atoms with Crippen molar-refractivity contribution in [3.05, 3.63) is 42.6 Å². The number of aromatic nitrogens is 5. The van der Waals surface area contributed by atoms with Crippen molar-refractivity contribution in [2.45, 2.75) is 43.5 Å². The van der Waals surface area contributed by atoms with E-state index in [0.717, 1.165) is 24.3 Å². The molecule has 8 nitrogen and oxygen atoms in total. The Morgan fingerprint density at radius 1 is 1.15 bits per heavy atom. The van der Waals surface area contributed by atoms with Crippen LogP contribution in [0.1, 0.15) is 44.5 Å². The number of fused-ring (bicyclic) bond motifs is 1. The number of sulfonamides is 1. The first-order valence-corrected chi connectivity index (χ1v) is 10.2. The third-order valence-electron chi connectivity index (χ3n) is 4.90. The van der Waals surface area contributed by atoms with Gasteiger partial charge in [0.15, 0.2) is 5.65 Å². The van der Waals surface area contributed by atoms with Crippen molar-refractivity contribution in [3.8, 4) is 0 Å². The summed E-state index contributed by atoms with van der Waals surface area (Å²) in [6.07, 6.45) is 6.46. The minimum absolute atomic E-state index is 0.130. The van der Waals surface area contributed by atoms with Gasteiger partial charge in [-0.2, -0.15) is 9.40 Å². The second-order valence-electron chi connectivity index (χ2n) is 6.92. The van der Waals surface area contributed by atoms with Crippen LogP contribution >= 0.6 is 0 Å². The van der Waals surface area contributed by atoms with Crippen molar-refractivity contribution < 1.29 is 8.42 Å². The van der Waals surface area contributed by atoms with Gasteiger partial charge in [0.05, 0.1) is 6.20 Å². The summed E-state index contributed by atoms with van der Waals surface area (Å²) in [5.74, 6) is 1.11. The summed E-state index contributed by atoms with van der Waals surface area (Å²) in [6.45, 7) is 4.89.